The quantitative estimate of drug-likeness (QED) is 0.832. The number of amides is 1. The first-order valence-electron chi connectivity index (χ1n) is 7.01. The molecule has 1 aliphatic heterocycles. The average molecular weight is 292 g/mol. The number of hydrogen-bond acceptors (Lipinski definition) is 4. The Kier molecular flexibility index (Phi) is 5.16. The number of carbonyl (C=O) groups is 2. The summed E-state index contributed by atoms with van der Waals surface area (Å²) < 4.78 is 5.05. The van der Waals surface area contributed by atoms with Crippen molar-refractivity contribution in [3.8, 4) is 5.75 Å². The molecule has 0 unspecified atom stereocenters. The van der Waals surface area contributed by atoms with Crippen LogP contribution in [0.5, 0.6) is 5.75 Å². The van der Waals surface area contributed by atoms with Crippen LogP contribution in [0.25, 0.3) is 0 Å². The molecule has 1 aromatic rings. The van der Waals surface area contributed by atoms with Crippen molar-refractivity contribution in [2.75, 3.05) is 25.5 Å². The van der Waals surface area contributed by atoms with Crippen molar-refractivity contribution in [2.24, 2.45) is 0 Å². The molecular weight excluding hydrogens is 272 g/mol. The predicted molar refractivity (Wildman–Crippen MR) is 78.5 cm³/mol. The van der Waals surface area contributed by atoms with Crippen LogP contribution in [-0.2, 0) is 9.59 Å². The highest BCUT2D eigenvalue weighted by atomic mass is 16.5. The van der Waals surface area contributed by atoms with Crippen molar-refractivity contribution in [1.82, 2.24) is 4.90 Å². The maximum atomic E-state index is 11.9. The number of nitrogens with one attached hydrogen (secondary N) is 1. The molecule has 114 valence electrons. The zero-order valence-corrected chi connectivity index (χ0v) is 12.0. The maximum Gasteiger partial charge on any atom is 0.320 e. The van der Waals surface area contributed by atoms with Gasteiger partial charge in [-0.05, 0) is 43.7 Å². The summed E-state index contributed by atoms with van der Waals surface area (Å²) in [4.78, 5) is 24.8. The molecule has 2 N–H and O–H groups in total. The maximum absolute atomic E-state index is 11.9. The van der Waals surface area contributed by atoms with E-state index >= 15 is 0 Å². The van der Waals surface area contributed by atoms with Crippen LogP contribution >= 0.6 is 0 Å². The molecule has 1 fully saturated rings. The molecule has 2 rings (SSSR count). The van der Waals surface area contributed by atoms with E-state index in [0.29, 0.717) is 18.7 Å². The number of benzene rings is 1. The molecule has 21 heavy (non-hydrogen) atoms. The summed E-state index contributed by atoms with van der Waals surface area (Å²) in [5.74, 6) is -0.186. The molecule has 0 saturated carbocycles. The highest BCUT2D eigenvalue weighted by molar-refractivity contribution is 5.90. The number of carboxylic acid groups (broad SMARTS) is 1. The number of nitrogens with zero attached hydrogens (tertiary/aromatic N) is 1. The van der Waals surface area contributed by atoms with Gasteiger partial charge in [-0.15, -0.1) is 0 Å². The number of rotatable bonds is 6. The normalized spacial score (nSPS) is 18.4. The summed E-state index contributed by atoms with van der Waals surface area (Å²) in [7, 11) is 1.59. The number of anilines is 1. The molecule has 0 bridgehead atoms. The molecule has 1 heterocycles. The SMILES string of the molecule is COc1ccc(NC(=O)CCN2CCC[C@H]2C(=O)O)cc1. The second-order valence-corrected chi connectivity index (χ2v) is 5.06. The third-order valence-electron chi connectivity index (χ3n) is 3.65. The zero-order chi connectivity index (χ0) is 15.2. The van der Waals surface area contributed by atoms with Crippen molar-refractivity contribution in [3.05, 3.63) is 24.3 Å². The van der Waals surface area contributed by atoms with Gasteiger partial charge in [0.05, 0.1) is 7.11 Å². The van der Waals surface area contributed by atoms with E-state index in [0.717, 1.165) is 18.7 Å². The van der Waals surface area contributed by atoms with E-state index in [4.69, 9.17) is 9.84 Å². The van der Waals surface area contributed by atoms with E-state index < -0.39 is 12.0 Å². The number of methoxy groups -OCH3 is 1. The Hall–Kier alpha value is -2.08. The Labute approximate surface area is 123 Å². The van der Waals surface area contributed by atoms with Gasteiger partial charge in [0.25, 0.3) is 0 Å². The molecule has 0 aliphatic carbocycles. The lowest BCUT2D eigenvalue weighted by Crippen LogP contribution is -2.37. The van der Waals surface area contributed by atoms with E-state index in [9.17, 15) is 9.59 Å². The van der Waals surface area contributed by atoms with Crippen LogP contribution in [0.1, 0.15) is 19.3 Å². The van der Waals surface area contributed by atoms with Crippen LogP contribution in [-0.4, -0.2) is 48.1 Å². The van der Waals surface area contributed by atoms with E-state index in [1.165, 1.54) is 0 Å². The second-order valence-electron chi connectivity index (χ2n) is 5.06. The minimum absolute atomic E-state index is 0.115. The Morgan fingerprint density at radius 1 is 1.38 bits per heavy atom. The van der Waals surface area contributed by atoms with Crippen LogP contribution in [0.4, 0.5) is 5.69 Å². The van der Waals surface area contributed by atoms with Gasteiger partial charge < -0.3 is 15.2 Å². The Bertz CT molecular complexity index is 501. The molecule has 1 aliphatic rings. The summed E-state index contributed by atoms with van der Waals surface area (Å²) in [6.07, 6.45) is 1.82. The van der Waals surface area contributed by atoms with Gasteiger partial charge in [0, 0.05) is 18.7 Å². The van der Waals surface area contributed by atoms with E-state index in [-0.39, 0.29) is 12.3 Å². The number of carboxylic acids is 1. The number of hydrogen-bond donors (Lipinski definition) is 2. The third-order valence-corrected chi connectivity index (χ3v) is 3.65. The van der Waals surface area contributed by atoms with Crippen LogP contribution < -0.4 is 10.1 Å². The fraction of sp³-hybridized carbons (Fsp3) is 0.467. The molecule has 6 heteroatoms. The van der Waals surface area contributed by atoms with Gasteiger partial charge in [0.1, 0.15) is 11.8 Å². The minimum atomic E-state index is -0.803. The Morgan fingerprint density at radius 2 is 2.10 bits per heavy atom. The largest absolute Gasteiger partial charge is 0.497 e. The van der Waals surface area contributed by atoms with Gasteiger partial charge in [0.15, 0.2) is 0 Å². The molecule has 0 radical (unpaired) electrons. The van der Waals surface area contributed by atoms with Gasteiger partial charge in [-0.2, -0.15) is 0 Å². The summed E-state index contributed by atoms with van der Waals surface area (Å²) >= 11 is 0. The summed E-state index contributed by atoms with van der Waals surface area (Å²) in [6.45, 7) is 1.21. The van der Waals surface area contributed by atoms with Crippen molar-refractivity contribution >= 4 is 17.6 Å². The lowest BCUT2D eigenvalue weighted by atomic mass is 10.2. The lowest BCUT2D eigenvalue weighted by Gasteiger charge is -2.20. The molecule has 6 nitrogen and oxygen atoms in total. The smallest absolute Gasteiger partial charge is 0.320 e. The van der Waals surface area contributed by atoms with Crippen LogP contribution in [0.15, 0.2) is 24.3 Å². The van der Waals surface area contributed by atoms with E-state index in [1.54, 1.807) is 31.4 Å². The van der Waals surface area contributed by atoms with Crippen molar-refractivity contribution < 1.29 is 19.4 Å². The fourth-order valence-electron chi connectivity index (χ4n) is 2.52. The topological polar surface area (TPSA) is 78.9 Å². The zero-order valence-electron chi connectivity index (χ0n) is 12.0. The van der Waals surface area contributed by atoms with E-state index in [1.807, 2.05) is 4.90 Å². The van der Waals surface area contributed by atoms with Crippen molar-refractivity contribution in [3.63, 3.8) is 0 Å². The Morgan fingerprint density at radius 3 is 2.71 bits per heavy atom. The molecule has 1 amide bonds. The van der Waals surface area contributed by atoms with Crippen LogP contribution in [0.2, 0.25) is 0 Å². The first-order valence-corrected chi connectivity index (χ1v) is 7.01. The van der Waals surface area contributed by atoms with Crippen molar-refractivity contribution in [1.29, 1.82) is 0 Å². The number of likely N-dealkylation sites (tertiary alicyclic amines) is 1. The molecule has 0 spiro atoms. The average Bonchev–Trinajstić information content (AvgIpc) is 2.94. The van der Waals surface area contributed by atoms with Gasteiger partial charge in [-0.25, -0.2) is 0 Å². The molecule has 1 aromatic carbocycles. The first-order chi connectivity index (χ1) is 10.1. The highest BCUT2D eigenvalue weighted by Crippen LogP contribution is 2.18. The number of aliphatic carboxylic acids is 1. The van der Waals surface area contributed by atoms with Crippen LogP contribution in [0.3, 0.4) is 0 Å². The third kappa shape index (κ3) is 4.19. The van der Waals surface area contributed by atoms with Gasteiger partial charge in [-0.3, -0.25) is 14.5 Å². The summed E-state index contributed by atoms with van der Waals surface area (Å²) in [5, 5.41) is 11.9. The second kappa shape index (κ2) is 7.08. The number of ether oxygens (including phenoxy) is 1. The standard InChI is InChI=1S/C15H20N2O4/c1-21-12-6-4-11(5-7-12)16-14(18)8-10-17-9-2-3-13(17)15(19)20/h4-7,13H,2-3,8-10H2,1H3,(H,16,18)(H,19,20)/t13-/m0/s1. The monoisotopic (exact) mass is 292 g/mol. The van der Waals surface area contributed by atoms with E-state index in [2.05, 4.69) is 5.32 Å². The van der Waals surface area contributed by atoms with Gasteiger partial charge >= 0.3 is 5.97 Å². The molecule has 1 saturated heterocycles. The number of carbonyl (C=O) groups excluding carboxylic acids is 1. The molecule has 1 atom stereocenters. The summed E-state index contributed by atoms with van der Waals surface area (Å²) in [6, 6.07) is 6.64. The minimum Gasteiger partial charge on any atom is -0.497 e. The molecular formula is C15H20N2O4. The first kappa shape index (κ1) is 15.3. The summed E-state index contributed by atoms with van der Waals surface area (Å²) in [5.41, 5.74) is 0.706. The van der Waals surface area contributed by atoms with Crippen LogP contribution in [0, 0.1) is 0 Å². The Balaban J connectivity index is 1.80. The lowest BCUT2D eigenvalue weighted by molar-refractivity contribution is -0.142. The van der Waals surface area contributed by atoms with Crippen molar-refractivity contribution in [2.45, 2.75) is 25.3 Å². The van der Waals surface area contributed by atoms with Gasteiger partial charge in [-0.1, -0.05) is 0 Å². The highest BCUT2D eigenvalue weighted by Gasteiger charge is 2.30. The predicted octanol–water partition coefficient (Wildman–Crippen LogP) is 1.57. The fourth-order valence-corrected chi connectivity index (χ4v) is 2.52. The van der Waals surface area contributed by atoms with Gasteiger partial charge in [0.2, 0.25) is 5.91 Å². The molecule has 0 aromatic heterocycles.